The van der Waals surface area contributed by atoms with Crippen LogP contribution in [-0.4, -0.2) is 38.1 Å². The van der Waals surface area contributed by atoms with E-state index in [1.165, 1.54) is 109 Å². The number of unbranched alkanes of at least 4 members (excludes halogenated alkanes) is 18. The molecule has 0 radical (unpaired) electrons. The molecule has 0 aromatic heterocycles. The van der Waals surface area contributed by atoms with E-state index in [2.05, 4.69) is 24.5 Å². The van der Waals surface area contributed by atoms with Crippen molar-refractivity contribution in [1.82, 2.24) is 10.6 Å². The second-order valence-corrected chi connectivity index (χ2v) is 10.2. The summed E-state index contributed by atoms with van der Waals surface area (Å²) in [5.74, 6) is -0.710. The Balaban J connectivity index is 3.44. The van der Waals surface area contributed by atoms with Crippen LogP contribution in [0.2, 0.25) is 6.32 Å². The molecule has 5 nitrogen and oxygen atoms in total. The lowest BCUT2D eigenvalue weighted by atomic mass is 9.66. The van der Waals surface area contributed by atoms with Gasteiger partial charge in [0.15, 0.2) is 7.28 Å². The summed E-state index contributed by atoms with van der Waals surface area (Å²) in [6.45, 7) is 5.93. The van der Waals surface area contributed by atoms with Crippen molar-refractivity contribution < 1.29 is 9.59 Å². The first-order chi connectivity index (χ1) is 16.6. The minimum atomic E-state index is -0.591. The Morgan fingerprint density at radius 2 is 0.941 bits per heavy atom. The van der Waals surface area contributed by atoms with Gasteiger partial charge in [0, 0.05) is 19.4 Å². The fourth-order valence-corrected chi connectivity index (χ4v) is 4.30. The van der Waals surface area contributed by atoms with Gasteiger partial charge in [-0.25, -0.2) is 0 Å². The molecule has 0 rings (SSSR count). The molecule has 34 heavy (non-hydrogen) atoms. The van der Waals surface area contributed by atoms with Gasteiger partial charge in [-0.1, -0.05) is 129 Å². The molecule has 0 bridgehead atoms. The molecule has 0 heterocycles. The van der Waals surface area contributed by atoms with E-state index in [1.54, 1.807) is 0 Å². The first-order valence-corrected chi connectivity index (χ1v) is 14.9. The monoisotopic (exact) mass is 479 g/mol. The highest BCUT2D eigenvalue weighted by atomic mass is 16.2. The zero-order valence-corrected chi connectivity index (χ0v) is 22.9. The first kappa shape index (κ1) is 33.0. The van der Waals surface area contributed by atoms with E-state index < -0.39 is 5.94 Å². The summed E-state index contributed by atoms with van der Waals surface area (Å²) in [6, 6.07) is 0. The molecule has 6 heteroatoms. The molecule has 0 aliphatic rings. The van der Waals surface area contributed by atoms with Gasteiger partial charge in [-0.15, -0.1) is 0 Å². The Hall–Kier alpha value is -1.04. The largest absolute Gasteiger partial charge is 0.357 e. The number of rotatable bonds is 26. The Morgan fingerprint density at radius 3 is 1.35 bits per heavy atom. The van der Waals surface area contributed by atoms with E-state index in [9.17, 15) is 9.59 Å². The van der Waals surface area contributed by atoms with E-state index in [0.29, 0.717) is 20.1 Å². The van der Waals surface area contributed by atoms with Crippen molar-refractivity contribution in [2.75, 3.05) is 13.1 Å². The van der Waals surface area contributed by atoms with Gasteiger partial charge in [0.1, 0.15) is 0 Å². The maximum atomic E-state index is 12.1. The Morgan fingerprint density at radius 1 is 0.588 bits per heavy atom. The Bertz CT molecular complexity index is 463. The average molecular weight is 480 g/mol. The molecular formula is C28H58BN3O2. The Labute approximate surface area is 212 Å². The molecular weight excluding hydrogens is 421 g/mol. The summed E-state index contributed by atoms with van der Waals surface area (Å²) in [5.41, 5.74) is 5.96. The van der Waals surface area contributed by atoms with Crippen LogP contribution < -0.4 is 16.4 Å². The molecule has 0 aliphatic heterocycles. The van der Waals surface area contributed by atoms with Crippen molar-refractivity contribution in [2.24, 2.45) is 5.73 Å². The fourth-order valence-electron chi connectivity index (χ4n) is 4.30. The molecule has 0 aliphatic carbocycles. The average Bonchev–Trinajstić information content (AvgIpc) is 2.84. The third-order valence-corrected chi connectivity index (χ3v) is 6.70. The van der Waals surface area contributed by atoms with Gasteiger partial charge >= 0.3 is 0 Å². The van der Waals surface area contributed by atoms with E-state index in [0.717, 1.165) is 25.8 Å². The third-order valence-electron chi connectivity index (χ3n) is 6.70. The number of hydrogen-bond acceptors (Lipinski definition) is 3. The van der Waals surface area contributed by atoms with Crippen molar-refractivity contribution in [3.05, 3.63) is 0 Å². The van der Waals surface area contributed by atoms with Crippen molar-refractivity contribution in [3.8, 4) is 0 Å². The van der Waals surface area contributed by atoms with E-state index in [4.69, 9.17) is 5.73 Å². The summed E-state index contributed by atoms with van der Waals surface area (Å²) in [7, 11) is 0.410. The summed E-state index contributed by atoms with van der Waals surface area (Å²) in [4.78, 5) is 24.1. The van der Waals surface area contributed by atoms with E-state index >= 15 is 0 Å². The molecule has 0 spiro atoms. The minimum Gasteiger partial charge on any atom is -0.357 e. The van der Waals surface area contributed by atoms with Crippen molar-refractivity contribution in [2.45, 2.75) is 155 Å². The summed E-state index contributed by atoms with van der Waals surface area (Å²) >= 11 is 0. The molecule has 2 amide bonds. The standard InChI is InChI=1S/C28H58BN3O2/c1-3-5-7-9-11-13-15-17-19-21-23-31-26(33)25-29-27(30)28(34)32-24-22-20-18-16-14-12-10-8-6-4-2/h27,29H,3-25,30H2,1-2H3,(H,31,33)(H,32,34)/t27-/m1/s1. The summed E-state index contributed by atoms with van der Waals surface area (Å²) < 4.78 is 0. The minimum absolute atomic E-state index is 0.00821. The van der Waals surface area contributed by atoms with Crippen molar-refractivity contribution in [3.63, 3.8) is 0 Å². The van der Waals surface area contributed by atoms with Crippen LogP contribution in [0.4, 0.5) is 0 Å². The number of nitrogens with two attached hydrogens (primary N) is 1. The van der Waals surface area contributed by atoms with Gasteiger partial charge in [0.2, 0.25) is 11.8 Å². The van der Waals surface area contributed by atoms with Crippen LogP contribution in [-0.2, 0) is 9.59 Å². The Kier molecular flexibility index (Phi) is 25.8. The summed E-state index contributed by atoms with van der Waals surface area (Å²) in [6.07, 6.45) is 26.1. The van der Waals surface area contributed by atoms with Crippen LogP contribution in [0.1, 0.15) is 142 Å². The van der Waals surface area contributed by atoms with Crippen molar-refractivity contribution in [1.29, 1.82) is 0 Å². The molecule has 4 N–H and O–H groups in total. The molecule has 0 unspecified atom stereocenters. The second kappa shape index (κ2) is 26.6. The normalized spacial score (nSPS) is 11.9. The van der Waals surface area contributed by atoms with Crippen LogP contribution in [0.15, 0.2) is 0 Å². The van der Waals surface area contributed by atoms with Gasteiger partial charge < -0.3 is 16.4 Å². The van der Waals surface area contributed by atoms with Crippen LogP contribution in [0, 0.1) is 0 Å². The topological polar surface area (TPSA) is 84.2 Å². The zero-order valence-electron chi connectivity index (χ0n) is 22.9. The highest BCUT2D eigenvalue weighted by molar-refractivity contribution is 6.48. The molecule has 0 aromatic rings. The molecule has 0 fully saturated rings. The van der Waals surface area contributed by atoms with Crippen LogP contribution >= 0.6 is 0 Å². The highest BCUT2D eigenvalue weighted by Crippen LogP contribution is 2.11. The van der Waals surface area contributed by atoms with E-state index in [-0.39, 0.29) is 11.8 Å². The smallest absolute Gasteiger partial charge is 0.228 e. The third kappa shape index (κ3) is 24.1. The number of hydrogen-bond donors (Lipinski definition) is 3. The first-order valence-electron chi connectivity index (χ1n) is 14.9. The van der Waals surface area contributed by atoms with Gasteiger partial charge in [-0.3, -0.25) is 9.59 Å². The summed E-state index contributed by atoms with van der Waals surface area (Å²) in [5, 5.41) is 5.89. The van der Waals surface area contributed by atoms with Crippen LogP contribution in [0.5, 0.6) is 0 Å². The molecule has 1 atom stereocenters. The predicted octanol–water partition coefficient (Wildman–Crippen LogP) is 6.20. The maximum absolute atomic E-state index is 12.1. The van der Waals surface area contributed by atoms with Gasteiger partial charge in [0.25, 0.3) is 0 Å². The van der Waals surface area contributed by atoms with Crippen LogP contribution in [0.3, 0.4) is 0 Å². The lowest BCUT2D eigenvalue weighted by Gasteiger charge is -2.11. The second-order valence-electron chi connectivity index (χ2n) is 10.2. The molecule has 200 valence electrons. The van der Waals surface area contributed by atoms with Gasteiger partial charge in [0.05, 0.1) is 5.94 Å². The SMILES string of the molecule is CCCCCCCCCCCCNC(=O)CB[C@H](N)C(=O)NCCCCCCCCCCCC. The fraction of sp³-hybridized carbons (Fsp3) is 0.929. The van der Waals surface area contributed by atoms with Gasteiger partial charge in [-0.05, 0) is 12.8 Å². The molecule has 0 saturated heterocycles. The number of amides is 2. The van der Waals surface area contributed by atoms with Crippen molar-refractivity contribution >= 4 is 19.1 Å². The lowest BCUT2D eigenvalue weighted by molar-refractivity contribution is -0.120. The van der Waals surface area contributed by atoms with Gasteiger partial charge in [-0.2, -0.15) is 0 Å². The predicted molar refractivity (Wildman–Crippen MR) is 150 cm³/mol. The number of nitrogens with one attached hydrogen (secondary N) is 2. The van der Waals surface area contributed by atoms with Crippen LogP contribution in [0.25, 0.3) is 0 Å². The highest BCUT2D eigenvalue weighted by Gasteiger charge is 2.16. The lowest BCUT2D eigenvalue weighted by Crippen LogP contribution is -2.46. The molecule has 0 saturated carbocycles. The molecule has 0 aromatic carbocycles. The number of carbonyl (C=O) groups excluding carboxylic acids is 2. The zero-order chi connectivity index (χ0) is 25.1. The van der Waals surface area contributed by atoms with E-state index in [1.807, 2.05) is 0 Å². The maximum Gasteiger partial charge on any atom is 0.228 e. The number of carbonyl (C=O) groups is 2. The quantitative estimate of drug-likeness (QED) is 0.102.